The number of nitrogens with two attached hydrogens (primary N) is 1. The van der Waals surface area contributed by atoms with Crippen LogP contribution >= 0.6 is 0 Å². The van der Waals surface area contributed by atoms with Crippen LogP contribution in [0.5, 0.6) is 0 Å². The molecule has 0 aromatic heterocycles. The van der Waals surface area contributed by atoms with Gasteiger partial charge >= 0.3 is 0 Å². The standard InChI is InChI=1S/C9H5N3O4/c10-3-5-1-7(12(15)16)2-6(4-13)8(5)9(11)14/h1-2,4H,(H2,11,14). The molecule has 2 N–H and O–H groups in total. The number of nitriles is 1. The van der Waals surface area contributed by atoms with Crippen LogP contribution in [-0.2, 0) is 0 Å². The number of nitro benzene ring substituents is 1. The fourth-order valence-corrected chi connectivity index (χ4v) is 1.21. The van der Waals surface area contributed by atoms with Gasteiger partial charge in [-0.05, 0) is 0 Å². The van der Waals surface area contributed by atoms with Crippen LogP contribution in [-0.4, -0.2) is 17.1 Å². The minimum Gasteiger partial charge on any atom is -0.366 e. The molecule has 0 aliphatic rings. The zero-order valence-corrected chi connectivity index (χ0v) is 7.84. The minimum absolute atomic E-state index is 0.244. The first-order valence-corrected chi connectivity index (χ1v) is 3.98. The molecule has 0 fully saturated rings. The molecular formula is C9H5N3O4. The van der Waals surface area contributed by atoms with E-state index in [1.165, 1.54) is 0 Å². The van der Waals surface area contributed by atoms with Gasteiger partial charge < -0.3 is 5.73 Å². The Hall–Kier alpha value is -2.75. The Kier molecular flexibility index (Phi) is 2.96. The highest BCUT2D eigenvalue weighted by Gasteiger charge is 2.19. The number of primary amides is 1. The van der Waals surface area contributed by atoms with Crippen LogP contribution in [0.2, 0.25) is 0 Å². The zero-order valence-electron chi connectivity index (χ0n) is 7.84. The molecule has 0 unspecified atom stereocenters. The number of amides is 1. The van der Waals surface area contributed by atoms with E-state index in [1.54, 1.807) is 6.07 Å². The van der Waals surface area contributed by atoms with Crippen LogP contribution in [0.4, 0.5) is 5.69 Å². The number of hydrogen-bond donors (Lipinski definition) is 1. The Bertz CT molecular complexity index is 530. The fraction of sp³-hybridized carbons (Fsp3) is 0. The molecular weight excluding hydrogens is 214 g/mol. The number of aldehydes is 1. The quantitative estimate of drug-likeness (QED) is 0.446. The lowest BCUT2D eigenvalue weighted by atomic mass is 10.0. The van der Waals surface area contributed by atoms with E-state index in [9.17, 15) is 19.7 Å². The molecule has 0 bridgehead atoms. The number of benzene rings is 1. The first kappa shape index (κ1) is 11.3. The Labute approximate surface area is 89.2 Å². The van der Waals surface area contributed by atoms with E-state index in [-0.39, 0.29) is 23.0 Å². The van der Waals surface area contributed by atoms with Gasteiger partial charge in [-0.1, -0.05) is 0 Å². The van der Waals surface area contributed by atoms with Crippen molar-refractivity contribution in [3.05, 3.63) is 38.9 Å². The number of rotatable bonds is 3. The van der Waals surface area contributed by atoms with Crippen molar-refractivity contribution in [3.8, 4) is 6.07 Å². The lowest BCUT2D eigenvalue weighted by Crippen LogP contribution is -2.16. The van der Waals surface area contributed by atoms with E-state index >= 15 is 0 Å². The first-order chi connectivity index (χ1) is 7.51. The molecule has 0 radical (unpaired) electrons. The second-order valence-corrected chi connectivity index (χ2v) is 2.81. The van der Waals surface area contributed by atoms with Crippen LogP contribution in [0, 0.1) is 21.4 Å². The summed E-state index contributed by atoms with van der Waals surface area (Å²) in [4.78, 5) is 31.3. The summed E-state index contributed by atoms with van der Waals surface area (Å²) in [5.74, 6) is -0.978. The van der Waals surface area contributed by atoms with Gasteiger partial charge in [0.05, 0.1) is 16.1 Å². The monoisotopic (exact) mass is 219 g/mol. The molecule has 0 heterocycles. The molecule has 1 amide bonds. The summed E-state index contributed by atoms with van der Waals surface area (Å²) in [7, 11) is 0. The summed E-state index contributed by atoms with van der Waals surface area (Å²) < 4.78 is 0. The highest BCUT2D eigenvalue weighted by molar-refractivity contribution is 6.03. The summed E-state index contributed by atoms with van der Waals surface area (Å²) in [5, 5.41) is 19.2. The Morgan fingerprint density at radius 1 is 1.56 bits per heavy atom. The van der Waals surface area contributed by atoms with Crippen LogP contribution < -0.4 is 5.73 Å². The zero-order chi connectivity index (χ0) is 12.3. The third-order valence-electron chi connectivity index (χ3n) is 1.86. The van der Waals surface area contributed by atoms with Gasteiger partial charge in [-0.25, -0.2) is 0 Å². The third kappa shape index (κ3) is 1.85. The van der Waals surface area contributed by atoms with Gasteiger partial charge in [0.1, 0.15) is 6.07 Å². The Balaban J connectivity index is 3.63. The minimum atomic E-state index is -0.978. The molecule has 0 saturated carbocycles. The average molecular weight is 219 g/mol. The molecule has 0 saturated heterocycles. The van der Waals surface area contributed by atoms with E-state index in [0.717, 1.165) is 12.1 Å². The van der Waals surface area contributed by atoms with E-state index in [4.69, 9.17) is 11.0 Å². The topological polar surface area (TPSA) is 127 Å². The molecule has 1 aromatic carbocycles. The number of carbonyl (C=O) groups excluding carboxylic acids is 2. The van der Waals surface area contributed by atoms with E-state index in [2.05, 4.69) is 0 Å². The number of hydrogen-bond acceptors (Lipinski definition) is 5. The van der Waals surface area contributed by atoms with Gasteiger partial charge in [0, 0.05) is 17.7 Å². The highest BCUT2D eigenvalue weighted by atomic mass is 16.6. The molecule has 0 aliphatic heterocycles. The largest absolute Gasteiger partial charge is 0.366 e. The van der Waals surface area contributed by atoms with Crippen molar-refractivity contribution < 1.29 is 14.5 Å². The molecule has 1 rings (SSSR count). The van der Waals surface area contributed by atoms with Gasteiger partial charge in [-0.3, -0.25) is 19.7 Å². The van der Waals surface area contributed by atoms with Crippen molar-refractivity contribution >= 4 is 17.9 Å². The molecule has 7 heteroatoms. The Morgan fingerprint density at radius 3 is 2.56 bits per heavy atom. The SMILES string of the molecule is N#Cc1cc([N+](=O)[O-])cc(C=O)c1C(N)=O. The van der Waals surface area contributed by atoms with Gasteiger partial charge in [0.15, 0.2) is 6.29 Å². The maximum atomic E-state index is 11.0. The molecule has 0 spiro atoms. The van der Waals surface area contributed by atoms with E-state index < -0.39 is 16.5 Å². The van der Waals surface area contributed by atoms with Crippen LogP contribution in [0.1, 0.15) is 26.3 Å². The van der Waals surface area contributed by atoms with Crippen molar-refractivity contribution in [3.63, 3.8) is 0 Å². The van der Waals surface area contributed by atoms with E-state index in [0.29, 0.717) is 0 Å². The number of nitrogens with zero attached hydrogens (tertiary/aromatic N) is 2. The van der Waals surface area contributed by atoms with Crippen molar-refractivity contribution in [2.24, 2.45) is 5.73 Å². The molecule has 7 nitrogen and oxygen atoms in total. The van der Waals surface area contributed by atoms with Crippen LogP contribution in [0.25, 0.3) is 0 Å². The summed E-state index contributed by atoms with van der Waals surface area (Å²) in [5.41, 5.74) is 3.68. The fourth-order valence-electron chi connectivity index (χ4n) is 1.21. The van der Waals surface area contributed by atoms with Crippen molar-refractivity contribution in [2.45, 2.75) is 0 Å². The van der Waals surface area contributed by atoms with Gasteiger partial charge in [0.2, 0.25) is 0 Å². The van der Waals surface area contributed by atoms with E-state index in [1.807, 2.05) is 0 Å². The second kappa shape index (κ2) is 4.18. The normalized spacial score (nSPS) is 9.19. The summed E-state index contributed by atoms with van der Waals surface area (Å²) >= 11 is 0. The highest BCUT2D eigenvalue weighted by Crippen LogP contribution is 2.20. The van der Waals surface area contributed by atoms with Gasteiger partial charge in [0.25, 0.3) is 11.6 Å². The number of non-ortho nitro benzene ring substituents is 1. The third-order valence-corrected chi connectivity index (χ3v) is 1.86. The average Bonchev–Trinajstić information content (AvgIpc) is 2.26. The van der Waals surface area contributed by atoms with Crippen molar-refractivity contribution in [2.75, 3.05) is 0 Å². The lowest BCUT2D eigenvalue weighted by molar-refractivity contribution is -0.384. The van der Waals surface area contributed by atoms with Crippen molar-refractivity contribution in [1.82, 2.24) is 0 Å². The van der Waals surface area contributed by atoms with Crippen LogP contribution in [0.15, 0.2) is 12.1 Å². The lowest BCUT2D eigenvalue weighted by Gasteiger charge is -2.02. The molecule has 0 atom stereocenters. The summed E-state index contributed by atoms with van der Waals surface area (Å²) in [6.45, 7) is 0. The molecule has 16 heavy (non-hydrogen) atoms. The predicted octanol–water partition coefficient (Wildman–Crippen LogP) is 0.378. The smallest absolute Gasteiger partial charge is 0.271 e. The van der Waals surface area contributed by atoms with Gasteiger partial charge in [-0.2, -0.15) is 5.26 Å². The van der Waals surface area contributed by atoms with Gasteiger partial charge in [-0.15, -0.1) is 0 Å². The van der Waals surface area contributed by atoms with Crippen LogP contribution in [0.3, 0.4) is 0 Å². The maximum Gasteiger partial charge on any atom is 0.271 e. The number of nitro groups is 1. The number of carbonyl (C=O) groups is 2. The molecule has 1 aromatic rings. The first-order valence-electron chi connectivity index (χ1n) is 3.98. The predicted molar refractivity (Wildman–Crippen MR) is 51.7 cm³/mol. The molecule has 80 valence electrons. The molecule has 0 aliphatic carbocycles. The van der Waals surface area contributed by atoms with Crippen molar-refractivity contribution in [1.29, 1.82) is 5.26 Å². The summed E-state index contributed by atoms with van der Waals surface area (Å²) in [6.07, 6.45) is 0.244. The Morgan fingerprint density at radius 2 is 2.19 bits per heavy atom. The maximum absolute atomic E-state index is 11.0. The summed E-state index contributed by atoms with van der Waals surface area (Å²) in [6, 6.07) is 3.38. The second-order valence-electron chi connectivity index (χ2n) is 2.81.